The van der Waals surface area contributed by atoms with Crippen LogP contribution in [0.5, 0.6) is 0 Å². The topological polar surface area (TPSA) is 114 Å². The molecular weight excluding hydrogens is 402 g/mol. The molecule has 1 aliphatic heterocycles. The van der Waals surface area contributed by atoms with Crippen LogP contribution in [-0.4, -0.2) is 38.5 Å². The molecule has 0 spiro atoms. The van der Waals surface area contributed by atoms with Crippen molar-refractivity contribution in [3.05, 3.63) is 72.3 Å². The highest BCUT2D eigenvalue weighted by Crippen LogP contribution is 2.21. The van der Waals surface area contributed by atoms with Crippen molar-refractivity contribution in [2.75, 3.05) is 5.43 Å². The smallest absolute Gasteiger partial charge is 0.325 e. The van der Waals surface area contributed by atoms with Crippen LogP contribution in [0.2, 0.25) is 0 Å². The van der Waals surface area contributed by atoms with Gasteiger partial charge in [0, 0.05) is 23.5 Å². The summed E-state index contributed by atoms with van der Waals surface area (Å²) in [7, 11) is 1.74. The first-order valence-electron chi connectivity index (χ1n) is 9.40. The molecule has 2 aromatic carbocycles. The first-order chi connectivity index (χ1) is 14.9. The maximum atomic E-state index is 12.3. The van der Waals surface area contributed by atoms with Crippen LogP contribution < -0.4 is 10.1 Å². The monoisotopic (exact) mass is 420 g/mol. The Bertz CT molecular complexity index is 1150. The zero-order chi connectivity index (χ0) is 22.0. The molecule has 1 N–H and O–H groups in total. The highest BCUT2D eigenvalue weighted by molar-refractivity contribution is 6.03. The van der Waals surface area contributed by atoms with Gasteiger partial charge in [0.25, 0.3) is 24.0 Å². The van der Waals surface area contributed by atoms with Gasteiger partial charge in [-0.3, -0.25) is 14.4 Å². The number of amides is 3. The highest BCUT2D eigenvalue weighted by Gasteiger charge is 2.33. The van der Waals surface area contributed by atoms with Gasteiger partial charge in [-0.25, -0.2) is 10.2 Å². The highest BCUT2D eigenvalue weighted by atomic mass is 16.7. The molecule has 0 atom stereocenters. The molecule has 4 rings (SSSR count). The van der Waals surface area contributed by atoms with Gasteiger partial charge in [-0.05, 0) is 35.4 Å². The van der Waals surface area contributed by atoms with Crippen molar-refractivity contribution in [2.45, 2.75) is 12.8 Å². The maximum absolute atomic E-state index is 12.3. The van der Waals surface area contributed by atoms with Crippen molar-refractivity contribution in [3.63, 3.8) is 0 Å². The van der Waals surface area contributed by atoms with Gasteiger partial charge in [0.1, 0.15) is 0 Å². The van der Waals surface area contributed by atoms with E-state index in [1.54, 1.807) is 66.6 Å². The fourth-order valence-electron chi connectivity index (χ4n) is 3.02. The van der Waals surface area contributed by atoms with E-state index in [0.29, 0.717) is 10.6 Å². The second kappa shape index (κ2) is 8.19. The Labute approximate surface area is 176 Å². The summed E-state index contributed by atoms with van der Waals surface area (Å²) in [5.41, 5.74) is 5.03. The van der Waals surface area contributed by atoms with E-state index in [9.17, 15) is 19.2 Å². The molecule has 1 fully saturated rings. The van der Waals surface area contributed by atoms with E-state index in [0.717, 1.165) is 11.1 Å². The van der Waals surface area contributed by atoms with Crippen LogP contribution in [0.4, 0.5) is 0 Å². The van der Waals surface area contributed by atoms with Gasteiger partial charge in [0.15, 0.2) is 0 Å². The Morgan fingerprint density at radius 2 is 1.48 bits per heavy atom. The fraction of sp³-hybridized carbons (Fsp3) is 0.143. The molecule has 10 heteroatoms. The molecule has 3 amide bonds. The summed E-state index contributed by atoms with van der Waals surface area (Å²) in [5, 5.41) is 4.49. The normalized spacial score (nSPS) is 13.4. The second-order valence-electron chi connectivity index (χ2n) is 6.88. The number of imide groups is 1. The summed E-state index contributed by atoms with van der Waals surface area (Å²) in [5.74, 6) is -2.12. The number of hydroxylamine groups is 2. The number of carbonyl (C=O) groups is 4. The van der Waals surface area contributed by atoms with Crippen LogP contribution in [-0.2, 0) is 21.5 Å². The van der Waals surface area contributed by atoms with Gasteiger partial charge in [-0.15, -0.1) is 14.4 Å². The SMILES string of the molecule is Cn1c[n+](NC(=O)c2ccc(-c3ccc(C(=O)ON4C(=O)CCC4=O)cc3)cc2)cn1. The van der Waals surface area contributed by atoms with Crippen LogP contribution in [0.15, 0.2) is 61.2 Å². The van der Waals surface area contributed by atoms with E-state index in [1.165, 1.54) is 11.0 Å². The number of aromatic nitrogens is 3. The number of aryl methyl sites for hydroxylation is 1. The number of rotatable bonds is 5. The summed E-state index contributed by atoms with van der Waals surface area (Å²) >= 11 is 0. The molecule has 0 radical (unpaired) electrons. The quantitative estimate of drug-likeness (QED) is 0.486. The molecule has 0 bridgehead atoms. The summed E-state index contributed by atoms with van der Waals surface area (Å²) in [6.45, 7) is 0. The number of nitrogens with one attached hydrogen (secondary N) is 1. The predicted molar refractivity (Wildman–Crippen MR) is 105 cm³/mol. The number of benzene rings is 2. The molecule has 1 aliphatic rings. The van der Waals surface area contributed by atoms with E-state index >= 15 is 0 Å². The van der Waals surface area contributed by atoms with Gasteiger partial charge in [0.05, 0.1) is 12.6 Å². The van der Waals surface area contributed by atoms with Gasteiger partial charge in [0.2, 0.25) is 6.33 Å². The van der Waals surface area contributed by atoms with Crippen LogP contribution in [0.25, 0.3) is 11.1 Å². The minimum atomic E-state index is -0.782. The largest absolute Gasteiger partial charge is 0.363 e. The average Bonchev–Trinajstić information content (AvgIpc) is 3.33. The lowest BCUT2D eigenvalue weighted by Gasteiger charge is -2.12. The zero-order valence-electron chi connectivity index (χ0n) is 16.5. The Balaban J connectivity index is 1.41. The minimum absolute atomic E-state index is 0.0417. The fourth-order valence-corrected chi connectivity index (χ4v) is 3.02. The number of nitrogens with zero attached hydrogens (tertiary/aromatic N) is 4. The maximum Gasteiger partial charge on any atom is 0.363 e. The van der Waals surface area contributed by atoms with E-state index in [1.807, 2.05) is 0 Å². The summed E-state index contributed by atoms with van der Waals surface area (Å²) < 4.78 is 3.01. The average molecular weight is 420 g/mol. The van der Waals surface area contributed by atoms with Gasteiger partial charge in [-0.2, -0.15) is 0 Å². The summed E-state index contributed by atoms with van der Waals surface area (Å²) in [6, 6.07) is 13.5. The van der Waals surface area contributed by atoms with E-state index in [2.05, 4.69) is 10.5 Å². The molecule has 10 nitrogen and oxygen atoms in total. The predicted octanol–water partition coefficient (Wildman–Crippen LogP) is 0.979. The first-order valence-corrected chi connectivity index (χ1v) is 9.40. The number of hydrogen-bond donors (Lipinski definition) is 1. The van der Waals surface area contributed by atoms with Crippen molar-refractivity contribution in [1.29, 1.82) is 0 Å². The molecule has 31 heavy (non-hydrogen) atoms. The molecule has 2 heterocycles. The molecule has 0 saturated carbocycles. The van der Waals surface area contributed by atoms with Crippen molar-refractivity contribution < 1.29 is 28.7 Å². The lowest BCUT2D eigenvalue weighted by molar-refractivity contribution is -0.642. The lowest BCUT2D eigenvalue weighted by atomic mass is 10.0. The number of carbonyl (C=O) groups excluding carboxylic acids is 4. The third-order valence-corrected chi connectivity index (χ3v) is 4.66. The number of hydrogen-bond acceptors (Lipinski definition) is 6. The lowest BCUT2D eigenvalue weighted by Crippen LogP contribution is -2.46. The van der Waals surface area contributed by atoms with Crippen LogP contribution in [0, 0.1) is 0 Å². The molecule has 156 valence electrons. The van der Waals surface area contributed by atoms with E-state index in [4.69, 9.17) is 4.84 Å². The Kier molecular flexibility index (Phi) is 5.27. The molecule has 1 saturated heterocycles. The zero-order valence-corrected chi connectivity index (χ0v) is 16.5. The molecule has 1 aromatic heterocycles. The van der Waals surface area contributed by atoms with Crippen molar-refractivity contribution in [3.8, 4) is 11.1 Å². The molecular formula is C21H18N5O5+. The Hall–Kier alpha value is -4.34. The Morgan fingerprint density at radius 1 is 0.935 bits per heavy atom. The van der Waals surface area contributed by atoms with Crippen LogP contribution >= 0.6 is 0 Å². The van der Waals surface area contributed by atoms with Crippen molar-refractivity contribution in [1.82, 2.24) is 14.8 Å². The van der Waals surface area contributed by atoms with Crippen LogP contribution in [0.1, 0.15) is 33.6 Å². The van der Waals surface area contributed by atoms with Crippen LogP contribution in [0.3, 0.4) is 0 Å². The van der Waals surface area contributed by atoms with Crippen molar-refractivity contribution in [2.24, 2.45) is 7.05 Å². The first kappa shape index (κ1) is 20.0. The van der Waals surface area contributed by atoms with Gasteiger partial charge < -0.3 is 4.84 Å². The summed E-state index contributed by atoms with van der Waals surface area (Å²) in [4.78, 5) is 52.5. The second-order valence-corrected chi connectivity index (χ2v) is 6.88. The molecule has 0 aliphatic carbocycles. The third kappa shape index (κ3) is 4.32. The van der Waals surface area contributed by atoms with Crippen molar-refractivity contribution >= 4 is 23.7 Å². The molecule has 3 aromatic rings. The van der Waals surface area contributed by atoms with E-state index in [-0.39, 0.29) is 24.3 Å². The van der Waals surface area contributed by atoms with Gasteiger partial charge >= 0.3 is 5.97 Å². The third-order valence-electron chi connectivity index (χ3n) is 4.66. The summed E-state index contributed by atoms with van der Waals surface area (Å²) in [6.07, 6.45) is 3.18. The Morgan fingerprint density at radius 3 is 2.00 bits per heavy atom. The van der Waals surface area contributed by atoms with Gasteiger partial charge in [-0.1, -0.05) is 24.3 Å². The standard InChI is InChI=1S/C21H17N5O5/c1-24-13-25(12-22-24)23-20(29)16-6-2-14(3-7-16)15-4-8-17(9-5-15)21(30)31-26-18(27)10-11-19(26)28/h2-9,12-13H,10-11H2,1H3/p+1. The minimum Gasteiger partial charge on any atom is -0.325 e. The van der Waals surface area contributed by atoms with E-state index < -0.39 is 17.8 Å². The molecule has 0 unspecified atom stereocenters.